The quantitative estimate of drug-likeness (QED) is 0.664. The summed E-state index contributed by atoms with van der Waals surface area (Å²) in [7, 11) is 1.84. The number of fused-ring (bicyclic) bond motifs is 1. The minimum absolute atomic E-state index is 0.0488. The van der Waals surface area contributed by atoms with Crippen molar-refractivity contribution in [1.82, 2.24) is 14.5 Å². The van der Waals surface area contributed by atoms with Gasteiger partial charge in [-0.15, -0.1) is 0 Å². The first-order valence-electron chi connectivity index (χ1n) is 3.70. The van der Waals surface area contributed by atoms with Crippen molar-refractivity contribution >= 4 is 11.2 Å². The maximum atomic E-state index is 8.91. The van der Waals surface area contributed by atoms with Gasteiger partial charge in [0.1, 0.15) is 17.9 Å². The zero-order valence-electron chi connectivity index (χ0n) is 6.73. The second-order valence-electron chi connectivity index (χ2n) is 2.59. The van der Waals surface area contributed by atoms with Crippen LogP contribution in [0.25, 0.3) is 11.2 Å². The summed E-state index contributed by atoms with van der Waals surface area (Å²) in [4.78, 5) is 8.32. The van der Waals surface area contributed by atoms with Crippen LogP contribution in [0.4, 0.5) is 0 Å². The van der Waals surface area contributed by atoms with E-state index in [1.54, 1.807) is 10.8 Å². The van der Waals surface area contributed by atoms with E-state index in [1.165, 1.54) is 0 Å². The average Bonchev–Trinajstić information content (AvgIpc) is 2.44. The zero-order chi connectivity index (χ0) is 8.55. The average molecular weight is 163 g/mol. The number of nitrogens with zero attached hydrogens (tertiary/aromatic N) is 3. The van der Waals surface area contributed by atoms with Gasteiger partial charge in [-0.3, -0.25) is 0 Å². The van der Waals surface area contributed by atoms with E-state index in [0.717, 1.165) is 11.2 Å². The normalized spacial score (nSPS) is 10.8. The number of imidazole rings is 1. The lowest BCUT2D eigenvalue weighted by Gasteiger charge is -1.95. The molecule has 0 spiro atoms. The summed E-state index contributed by atoms with van der Waals surface area (Å²) >= 11 is 0. The van der Waals surface area contributed by atoms with Crippen molar-refractivity contribution in [1.29, 1.82) is 0 Å². The molecule has 0 saturated heterocycles. The Balaban J connectivity index is 2.78. The molecule has 0 aliphatic rings. The maximum Gasteiger partial charge on any atom is 0.159 e. The van der Waals surface area contributed by atoms with Crippen LogP contribution in [0.1, 0.15) is 5.82 Å². The standard InChI is InChI=1S/C8H9N3O/c1-11-7(5-12)10-6-3-2-4-9-8(6)11/h2-4,12H,5H2,1H3. The van der Waals surface area contributed by atoms with E-state index in [2.05, 4.69) is 9.97 Å². The van der Waals surface area contributed by atoms with E-state index in [4.69, 9.17) is 5.11 Å². The molecule has 2 aromatic heterocycles. The van der Waals surface area contributed by atoms with E-state index >= 15 is 0 Å². The van der Waals surface area contributed by atoms with E-state index in [-0.39, 0.29) is 6.61 Å². The number of aromatic nitrogens is 3. The molecule has 0 bridgehead atoms. The lowest BCUT2D eigenvalue weighted by atomic mass is 10.4. The smallest absolute Gasteiger partial charge is 0.159 e. The molecule has 2 aromatic rings. The number of hydrogen-bond acceptors (Lipinski definition) is 3. The van der Waals surface area contributed by atoms with E-state index in [0.29, 0.717) is 5.82 Å². The van der Waals surface area contributed by atoms with Gasteiger partial charge in [-0.25, -0.2) is 9.97 Å². The summed E-state index contributed by atoms with van der Waals surface area (Å²) in [5.41, 5.74) is 1.63. The molecule has 62 valence electrons. The van der Waals surface area contributed by atoms with Gasteiger partial charge in [-0.2, -0.15) is 0 Å². The number of rotatable bonds is 1. The van der Waals surface area contributed by atoms with Crippen molar-refractivity contribution < 1.29 is 5.11 Å². The Hall–Kier alpha value is -1.42. The van der Waals surface area contributed by atoms with Gasteiger partial charge in [0.25, 0.3) is 0 Å². The first kappa shape index (κ1) is 7.24. The largest absolute Gasteiger partial charge is 0.388 e. The van der Waals surface area contributed by atoms with Crippen molar-refractivity contribution in [2.45, 2.75) is 6.61 Å². The van der Waals surface area contributed by atoms with Crippen molar-refractivity contribution in [3.8, 4) is 0 Å². The number of aliphatic hydroxyl groups excluding tert-OH is 1. The molecule has 0 amide bonds. The summed E-state index contributed by atoms with van der Waals surface area (Å²) < 4.78 is 1.79. The topological polar surface area (TPSA) is 50.9 Å². The summed E-state index contributed by atoms with van der Waals surface area (Å²) in [6.07, 6.45) is 1.71. The molecule has 2 heterocycles. The predicted molar refractivity (Wildman–Crippen MR) is 44.4 cm³/mol. The van der Waals surface area contributed by atoms with Crippen molar-refractivity contribution in [2.75, 3.05) is 0 Å². The van der Waals surface area contributed by atoms with Gasteiger partial charge in [0, 0.05) is 13.2 Å². The summed E-state index contributed by atoms with van der Waals surface area (Å²) in [5, 5.41) is 8.91. The lowest BCUT2D eigenvalue weighted by molar-refractivity contribution is 0.268. The molecule has 0 aromatic carbocycles. The Morgan fingerprint density at radius 1 is 1.58 bits per heavy atom. The van der Waals surface area contributed by atoms with Gasteiger partial charge in [0.15, 0.2) is 5.65 Å². The predicted octanol–water partition coefficient (Wildman–Crippen LogP) is 0.461. The molecule has 0 atom stereocenters. The third kappa shape index (κ3) is 0.887. The van der Waals surface area contributed by atoms with Crippen LogP contribution in [0.15, 0.2) is 18.3 Å². The molecule has 0 unspecified atom stereocenters. The van der Waals surface area contributed by atoms with Crippen LogP contribution in [0.5, 0.6) is 0 Å². The fourth-order valence-electron chi connectivity index (χ4n) is 1.21. The van der Waals surface area contributed by atoms with Crippen LogP contribution < -0.4 is 0 Å². The number of hydrogen-bond donors (Lipinski definition) is 1. The van der Waals surface area contributed by atoms with E-state index in [9.17, 15) is 0 Å². The van der Waals surface area contributed by atoms with Crippen molar-refractivity contribution in [3.63, 3.8) is 0 Å². The van der Waals surface area contributed by atoms with Crippen molar-refractivity contribution in [2.24, 2.45) is 7.05 Å². The molecule has 0 saturated carbocycles. The second-order valence-corrected chi connectivity index (χ2v) is 2.59. The number of aryl methyl sites for hydroxylation is 1. The molecule has 4 nitrogen and oxygen atoms in total. The second kappa shape index (κ2) is 2.57. The Kier molecular flexibility index (Phi) is 1.55. The minimum Gasteiger partial charge on any atom is -0.388 e. The van der Waals surface area contributed by atoms with E-state index < -0.39 is 0 Å². The Morgan fingerprint density at radius 3 is 3.08 bits per heavy atom. The van der Waals surface area contributed by atoms with Gasteiger partial charge in [0.2, 0.25) is 0 Å². The molecular formula is C8H9N3O. The van der Waals surface area contributed by atoms with E-state index in [1.807, 2.05) is 19.2 Å². The highest BCUT2D eigenvalue weighted by atomic mass is 16.3. The Labute approximate surface area is 69.5 Å². The van der Waals surface area contributed by atoms with Crippen molar-refractivity contribution in [3.05, 3.63) is 24.2 Å². The molecule has 1 N–H and O–H groups in total. The van der Waals surface area contributed by atoms with Crippen LogP contribution >= 0.6 is 0 Å². The van der Waals surface area contributed by atoms with Gasteiger partial charge < -0.3 is 9.67 Å². The number of aliphatic hydroxyl groups is 1. The highest BCUT2D eigenvalue weighted by molar-refractivity contribution is 5.70. The highest BCUT2D eigenvalue weighted by Crippen LogP contribution is 2.10. The summed E-state index contributed by atoms with van der Waals surface area (Å²) in [6.45, 7) is -0.0488. The van der Waals surface area contributed by atoms with Gasteiger partial charge in [-0.05, 0) is 12.1 Å². The van der Waals surface area contributed by atoms with Gasteiger partial charge in [0.05, 0.1) is 0 Å². The van der Waals surface area contributed by atoms with Crippen LogP contribution in [0, 0.1) is 0 Å². The van der Waals surface area contributed by atoms with Crippen LogP contribution in [-0.2, 0) is 13.7 Å². The number of pyridine rings is 1. The summed E-state index contributed by atoms with van der Waals surface area (Å²) in [5.74, 6) is 0.642. The first-order chi connectivity index (χ1) is 5.83. The molecule has 0 aliphatic carbocycles. The Morgan fingerprint density at radius 2 is 2.42 bits per heavy atom. The Bertz CT molecular complexity index is 408. The van der Waals surface area contributed by atoms with Gasteiger partial charge in [-0.1, -0.05) is 0 Å². The molecule has 0 radical (unpaired) electrons. The highest BCUT2D eigenvalue weighted by Gasteiger charge is 2.05. The van der Waals surface area contributed by atoms with Gasteiger partial charge >= 0.3 is 0 Å². The lowest BCUT2D eigenvalue weighted by Crippen LogP contribution is -1.97. The summed E-state index contributed by atoms with van der Waals surface area (Å²) in [6, 6.07) is 3.71. The third-order valence-corrected chi connectivity index (χ3v) is 1.86. The van der Waals surface area contributed by atoms with Crippen LogP contribution in [-0.4, -0.2) is 19.6 Å². The molecular weight excluding hydrogens is 154 g/mol. The first-order valence-corrected chi connectivity index (χ1v) is 3.70. The molecule has 2 rings (SSSR count). The zero-order valence-corrected chi connectivity index (χ0v) is 6.73. The molecule has 4 heteroatoms. The fraction of sp³-hybridized carbons (Fsp3) is 0.250. The monoisotopic (exact) mass is 163 g/mol. The molecule has 0 aliphatic heterocycles. The fourth-order valence-corrected chi connectivity index (χ4v) is 1.21. The third-order valence-electron chi connectivity index (χ3n) is 1.86. The SMILES string of the molecule is Cn1c(CO)nc2cccnc21. The molecule has 0 fully saturated rings. The minimum atomic E-state index is -0.0488. The molecule has 12 heavy (non-hydrogen) atoms. The maximum absolute atomic E-state index is 8.91. The van der Waals surface area contributed by atoms with Crippen LogP contribution in [0.2, 0.25) is 0 Å². The van der Waals surface area contributed by atoms with Crippen LogP contribution in [0.3, 0.4) is 0 Å².